The molecule has 0 aliphatic carbocycles. The Bertz CT molecular complexity index is 739. The first-order valence-corrected chi connectivity index (χ1v) is 9.08. The summed E-state index contributed by atoms with van der Waals surface area (Å²) < 4.78 is 32.5. The number of aryl methyl sites for hydroxylation is 2. The molecule has 1 unspecified atom stereocenters. The molecule has 5 nitrogen and oxygen atoms in total. The van der Waals surface area contributed by atoms with Crippen molar-refractivity contribution in [2.24, 2.45) is 0 Å². The summed E-state index contributed by atoms with van der Waals surface area (Å²) in [5, 5.41) is 11.8. The molecular formula is C15H19NO4S2. The highest BCUT2D eigenvalue weighted by molar-refractivity contribution is 7.89. The molecule has 22 heavy (non-hydrogen) atoms. The van der Waals surface area contributed by atoms with E-state index in [9.17, 15) is 13.5 Å². The lowest BCUT2D eigenvalue weighted by Gasteiger charge is -2.14. The summed E-state index contributed by atoms with van der Waals surface area (Å²) in [7, 11) is -2.14. The Kier molecular flexibility index (Phi) is 5.23. The molecule has 0 amide bonds. The number of aliphatic hydroxyl groups excluding tert-OH is 1. The Morgan fingerprint density at radius 2 is 2.05 bits per heavy atom. The van der Waals surface area contributed by atoms with Gasteiger partial charge in [-0.1, -0.05) is 6.07 Å². The Morgan fingerprint density at radius 1 is 1.32 bits per heavy atom. The molecule has 0 saturated carbocycles. The minimum absolute atomic E-state index is 0.0621. The van der Waals surface area contributed by atoms with Crippen molar-refractivity contribution in [1.82, 2.24) is 4.72 Å². The zero-order valence-electron chi connectivity index (χ0n) is 12.7. The molecule has 7 heteroatoms. The minimum Gasteiger partial charge on any atom is -0.496 e. The third kappa shape index (κ3) is 3.67. The second kappa shape index (κ2) is 6.78. The van der Waals surface area contributed by atoms with E-state index in [1.165, 1.54) is 11.3 Å². The van der Waals surface area contributed by atoms with E-state index < -0.39 is 16.1 Å². The number of hydrogen-bond acceptors (Lipinski definition) is 5. The number of rotatable bonds is 6. The predicted molar refractivity (Wildman–Crippen MR) is 86.9 cm³/mol. The maximum atomic E-state index is 12.4. The van der Waals surface area contributed by atoms with Gasteiger partial charge >= 0.3 is 0 Å². The van der Waals surface area contributed by atoms with E-state index in [4.69, 9.17) is 4.74 Å². The number of hydrogen-bond donors (Lipinski definition) is 2. The second-order valence-corrected chi connectivity index (χ2v) is 7.69. The highest BCUT2D eigenvalue weighted by Gasteiger charge is 2.20. The van der Waals surface area contributed by atoms with Gasteiger partial charge in [-0.15, -0.1) is 11.3 Å². The molecule has 0 saturated heterocycles. The predicted octanol–water partition coefficient (Wildman–Crippen LogP) is 2.39. The Morgan fingerprint density at radius 3 is 2.64 bits per heavy atom. The monoisotopic (exact) mass is 341 g/mol. The highest BCUT2D eigenvalue weighted by atomic mass is 32.2. The number of nitrogens with one attached hydrogen (secondary N) is 1. The van der Waals surface area contributed by atoms with Crippen LogP contribution in [0.3, 0.4) is 0 Å². The van der Waals surface area contributed by atoms with Crippen molar-refractivity contribution in [2.75, 3.05) is 13.7 Å². The van der Waals surface area contributed by atoms with Gasteiger partial charge in [-0.25, -0.2) is 13.1 Å². The second-order valence-electron chi connectivity index (χ2n) is 4.97. The van der Waals surface area contributed by atoms with Gasteiger partial charge in [0, 0.05) is 11.4 Å². The molecule has 2 aromatic rings. The van der Waals surface area contributed by atoms with E-state index in [1.807, 2.05) is 11.4 Å². The normalized spacial score (nSPS) is 13.1. The molecule has 0 bridgehead atoms. The number of ether oxygens (including phenoxy) is 1. The van der Waals surface area contributed by atoms with Gasteiger partial charge in [-0.2, -0.15) is 0 Å². The van der Waals surface area contributed by atoms with Crippen LogP contribution < -0.4 is 9.46 Å². The van der Waals surface area contributed by atoms with E-state index in [1.54, 1.807) is 39.2 Å². The lowest BCUT2D eigenvalue weighted by molar-refractivity contribution is 0.186. The summed E-state index contributed by atoms with van der Waals surface area (Å²) >= 11 is 1.39. The van der Waals surface area contributed by atoms with Gasteiger partial charge in [0.1, 0.15) is 11.9 Å². The molecule has 0 aliphatic rings. The summed E-state index contributed by atoms with van der Waals surface area (Å²) in [6, 6.07) is 6.86. The molecule has 1 aromatic heterocycles. The molecule has 0 spiro atoms. The molecule has 0 fully saturated rings. The van der Waals surface area contributed by atoms with Crippen LogP contribution in [-0.2, 0) is 10.0 Å². The Balaban J connectivity index is 2.18. The van der Waals surface area contributed by atoms with Crippen LogP contribution in [0.5, 0.6) is 5.75 Å². The number of methoxy groups -OCH3 is 1. The minimum atomic E-state index is -3.69. The molecular weight excluding hydrogens is 322 g/mol. The molecule has 2 rings (SSSR count). The van der Waals surface area contributed by atoms with E-state index >= 15 is 0 Å². The molecule has 0 radical (unpaired) electrons. The van der Waals surface area contributed by atoms with Crippen molar-refractivity contribution in [3.05, 3.63) is 45.6 Å². The fourth-order valence-electron chi connectivity index (χ4n) is 2.12. The zero-order chi connectivity index (χ0) is 16.3. The van der Waals surface area contributed by atoms with Gasteiger partial charge in [-0.05, 0) is 48.6 Å². The van der Waals surface area contributed by atoms with Crippen molar-refractivity contribution in [1.29, 1.82) is 0 Å². The first-order chi connectivity index (χ1) is 10.3. The van der Waals surface area contributed by atoms with E-state index in [2.05, 4.69) is 4.72 Å². The van der Waals surface area contributed by atoms with Gasteiger partial charge in [0.05, 0.1) is 12.0 Å². The van der Waals surface area contributed by atoms with Crippen LogP contribution in [0.15, 0.2) is 34.5 Å². The fraction of sp³-hybridized carbons (Fsp3) is 0.333. The summed E-state index contributed by atoms with van der Waals surface area (Å²) in [6.07, 6.45) is -0.852. The van der Waals surface area contributed by atoms with Crippen LogP contribution in [0.25, 0.3) is 0 Å². The van der Waals surface area contributed by atoms with Crippen LogP contribution in [-0.4, -0.2) is 27.2 Å². The van der Waals surface area contributed by atoms with Crippen molar-refractivity contribution in [3.63, 3.8) is 0 Å². The molecule has 2 N–H and O–H groups in total. The van der Waals surface area contributed by atoms with Crippen LogP contribution >= 0.6 is 11.3 Å². The quantitative estimate of drug-likeness (QED) is 0.846. The third-order valence-corrected chi connectivity index (χ3v) is 5.86. The molecule has 120 valence electrons. The number of aliphatic hydroxyl groups is 1. The van der Waals surface area contributed by atoms with Crippen LogP contribution in [0.4, 0.5) is 0 Å². The molecule has 1 heterocycles. The molecule has 0 aliphatic heterocycles. The van der Waals surface area contributed by atoms with E-state index in [0.29, 0.717) is 11.3 Å². The van der Waals surface area contributed by atoms with Gasteiger partial charge < -0.3 is 9.84 Å². The summed E-state index contributed by atoms with van der Waals surface area (Å²) in [5.41, 5.74) is 1.34. The number of sulfonamides is 1. The van der Waals surface area contributed by atoms with Crippen molar-refractivity contribution >= 4 is 21.4 Å². The summed E-state index contributed by atoms with van der Waals surface area (Å²) in [5.74, 6) is 0.648. The van der Waals surface area contributed by atoms with Crippen molar-refractivity contribution < 1.29 is 18.3 Å². The van der Waals surface area contributed by atoms with Crippen LogP contribution in [0.2, 0.25) is 0 Å². The maximum Gasteiger partial charge on any atom is 0.240 e. The van der Waals surface area contributed by atoms with E-state index in [0.717, 1.165) is 10.4 Å². The first kappa shape index (κ1) is 17.0. The largest absolute Gasteiger partial charge is 0.496 e. The smallest absolute Gasteiger partial charge is 0.240 e. The van der Waals surface area contributed by atoms with Crippen molar-refractivity contribution in [3.8, 4) is 5.75 Å². The lowest BCUT2D eigenvalue weighted by atomic mass is 10.1. The van der Waals surface area contributed by atoms with E-state index in [-0.39, 0.29) is 11.4 Å². The zero-order valence-corrected chi connectivity index (χ0v) is 14.3. The topological polar surface area (TPSA) is 75.6 Å². The van der Waals surface area contributed by atoms with Crippen LogP contribution in [0.1, 0.15) is 22.1 Å². The standard InChI is InChI=1S/C15H19NO4S2/c1-10-8-15(11(2)7-13(10)20-3)22(18,19)16-9-12(17)14-5-4-6-21-14/h4-8,12,16-17H,9H2,1-3H3. The Labute approximate surface area is 134 Å². The first-order valence-electron chi connectivity index (χ1n) is 6.71. The number of thiophene rings is 1. The van der Waals surface area contributed by atoms with Crippen LogP contribution in [0, 0.1) is 13.8 Å². The average molecular weight is 341 g/mol. The summed E-state index contributed by atoms with van der Waals surface area (Å²) in [4.78, 5) is 0.925. The third-order valence-electron chi connectivity index (χ3n) is 3.32. The van der Waals surface area contributed by atoms with Gasteiger partial charge in [0.2, 0.25) is 10.0 Å². The van der Waals surface area contributed by atoms with Gasteiger partial charge in [0.15, 0.2) is 0 Å². The van der Waals surface area contributed by atoms with Crippen molar-refractivity contribution in [2.45, 2.75) is 24.8 Å². The Hall–Kier alpha value is -1.41. The average Bonchev–Trinajstić information content (AvgIpc) is 3.01. The SMILES string of the molecule is COc1cc(C)c(S(=O)(=O)NCC(O)c2cccs2)cc1C. The summed E-state index contributed by atoms with van der Waals surface area (Å²) in [6.45, 7) is 3.44. The van der Waals surface area contributed by atoms with Gasteiger partial charge in [-0.3, -0.25) is 0 Å². The van der Waals surface area contributed by atoms with Gasteiger partial charge in [0.25, 0.3) is 0 Å². The molecule has 1 aromatic carbocycles. The highest BCUT2D eigenvalue weighted by Crippen LogP contribution is 2.26. The number of benzene rings is 1. The fourth-order valence-corrected chi connectivity index (χ4v) is 4.18. The lowest BCUT2D eigenvalue weighted by Crippen LogP contribution is -2.29. The molecule has 1 atom stereocenters. The maximum absolute atomic E-state index is 12.4.